The van der Waals surface area contributed by atoms with Crippen molar-refractivity contribution < 1.29 is 0 Å². The zero-order chi connectivity index (χ0) is 7.82. The zero-order valence-corrected chi connectivity index (χ0v) is 7.02. The van der Waals surface area contributed by atoms with Gasteiger partial charge in [-0.25, -0.2) is 0 Å². The van der Waals surface area contributed by atoms with Gasteiger partial charge in [0, 0.05) is 13.3 Å². The van der Waals surface area contributed by atoms with Crippen LogP contribution in [0.15, 0.2) is 16.6 Å². The summed E-state index contributed by atoms with van der Waals surface area (Å²) in [5.41, 5.74) is 1.29. The molecule has 1 N–H and O–H groups in total. The molecule has 0 aliphatic heterocycles. The zero-order valence-electron chi connectivity index (χ0n) is 7.02. The molecule has 0 aromatic rings. The highest BCUT2D eigenvalue weighted by molar-refractivity contribution is 5.78. The molecule has 0 aromatic heterocycles. The third-order valence-corrected chi connectivity index (χ3v) is 1.33. The van der Waals surface area contributed by atoms with Crippen LogP contribution >= 0.6 is 0 Å². The number of aliphatic imine (C=N–C) groups is 1. The summed E-state index contributed by atoms with van der Waals surface area (Å²) in [6.07, 6.45) is 5.05. The summed E-state index contributed by atoms with van der Waals surface area (Å²) >= 11 is 0. The molecule has 0 unspecified atom stereocenters. The Balaban J connectivity index is 3.62. The smallest absolute Gasteiger partial charge is 0.0277 e. The molecular formula is C8H16N2. The minimum Gasteiger partial charge on any atom is -0.319 e. The Bertz CT molecular complexity index is 125. The van der Waals surface area contributed by atoms with Gasteiger partial charge in [-0.05, 0) is 32.5 Å². The van der Waals surface area contributed by atoms with Gasteiger partial charge in [0.15, 0.2) is 0 Å². The van der Waals surface area contributed by atoms with Crippen LogP contribution in [0.2, 0.25) is 0 Å². The van der Waals surface area contributed by atoms with Crippen molar-refractivity contribution in [2.45, 2.75) is 13.3 Å². The van der Waals surface area contributed by atoms with Crippen molar-refractivity contribution in [1.29, 1.82) is 0 Å². The Hall–Kier alpha value is -0.630. The van der Waals surface area contributed by atoms with Gasteiger partial charge >= 0.3 is 0 Å². The van der Waals surface area contributed by atoms with Gasteiger partial charge in [0.05, 0.1) is 0 Å². The first kappa shape index (κ1) is 9.37. The standard InChI is InChI=1S/C8H16N2/c1-4-8(7-10-3)5-6-9-2/h4,7,9H,5-6H2,1-3H3/b8-4-,10-7?. The molecule has 0 aliphatic carbocycles. The van der Waals surface area contributed by atoms with Gasteiger partial charge < -0.3 is 5.32 Å². The summed E-state index contributed by atoms with van der Waals surface area (Å²) in [5.74, 6) is 0. The molecule has 0 spiro atoms. The van der Waals surface area contributed by atoms with E-state index in [2.05, 4.69) is 16.4 Å². The molecule has 0 heterocycles. The van der Waals surface area contributed by atoms with Crippen molar-refractivity contribution in [2.24, 2.45) is 4.99 Å². The number of nitrogens with zero attached hydrogens (tertiary/aromatic N) is 1. The summed E-state index contributed by atoms with van der Waals surface area (Å²) < 4.78 is 0. The van der Waals surface area contributed by atoms with Gasteiger partial charge in [-0.3, -0.25) is 4.99 Å². The second-order valence-corrected chi connectivity index (χ2v) is 2.10. The predicted octanol–water partition coefficient (Wildman–Crippen LogP) is 1.24. The van der Waals surface area contributed by atoms with Crippen LogP contribution in [0, 0.1) is 0 Å². The molecular weight excluding hydrogens is 124 g/mol. The molecule has 0 aliphatic rings. The average molecular weight is 140 g/mol. The molecule has 0 aromatic carbocycles. The minimum atomic E-state index is 1.02. The SMILES string of the molecule is C/C=C(\C=NC)CCNC. The Morgan fingerprint density at radius 1 is 1.60 bits per heavy atom. The number of hydrogen-bond donors (Lipinski definition) is 1. The Morgan fingerprint density at radius 2 is 2.30 bits per heavy atom. The molecule has 2 heteroatoms. The van der Waals surface area contributed by atoms with E-state index in [1.807, 2.05) is 20.2 Å². The van der Waals surface area contributed by atoms with E-state index in [0.29, 0.717) is 0 Å². The van der Waals surface area contributed by atoms with E-state index in [9.17, 15) is 0 Å². The predicted molar refractivity (Wildman–Crippen MR) is 46.7 cm³/mol. The van der Waals surface area contributed by atoms with Crippen LogP contribution in [0.5, 0.6) is 0 Å². The fourth-order valence-electron chi connectivity index (χ4n) is 0.719. The molecule has 58 valence electrons. The molecule has 0 atom stereocenters. The van der Waals surface area contributed by atoms with E-state index in [-0.39, 0.29) is 0 Å². The van der Waals surface area contributed by atoms with E-state index in [0.717, 1.165) is 13.0 Å². The van der Waals surface area contributed by atoms with E-state index < -0.39 is 0 Å². The van der Waals surface area contributed by atoms with E-state index in [1.165, 1.54) is 5.57 Å². The maximum atomic E-state index is 3.94. The first-order valence-electron chi connectivity index (χ1n) is 3.57. The van der Waals surface area contributed by atoms with Crippen molar-refractivity contribution >= 4 is 6.21 Å². The Labute approximate surface area is 63.0 Å². The maximum Gasteiger partial charge on any atom is 0.0277 e. The molecule has 0 saturated heterocycles. The number of nitrogens with one attached hydrogen (secondary N) is 1. The maximum absolute atomic E-state index is 3.94. The number of rotatable bonds is 4. The van der Waals surface area contributed by atoms with Gasteiger partial charge in [-0.15, -0.1) is 0 Å². The summed E-state index contributed by atoms with van der Waals surface area (Å²) in [7, 11) is 3.75. The van der Waals surface area contributed by atoms with Crippen molar-refractivity contribution in [1.82, 2.24) is 5.32 Å². The van der Waals surface area contributed by atoms with E-state index >= 15 is 0 Å². The first-order valence-corrected chi connectivity index (χ1v) is 3.57. The Kier molecular flexibility index (Phi) is 6.08. The van der Waals surface area contributed by atoms with Crippen molar-refractivity contribution in [3.05, 3.63) is 11.6 Å². The molecule has 10 heavy (non-hydrogen) atoms. The van der Waals surface area contributed by atoms with Gasteiger partial charge in [0.2, 0.25) is 0 Å². The Morgan fingerprint density at radius 3 is 2.70 bits per heavy atom. The van der Waals surface area contributed by atoms with Gasteiger partial charge in [0.25, 0.3) is 0 Å². The first-order chi connectivity index (χ1) is 4.85. The normalized spacial score (nSPS) is 12.9. The lowest BCUT2D eigenvalue weighted by Crippen LogP contribution is -2.08. The van der Waals surface area contributed by atoms with Gasteiger partial charge in [-0.2, -0.15) is 0 Å². The topological polar surface area (TPSA) is 24.4 Å². The van der Waals surface area contributed by atoms with Crippen LogP contribution in [0.3, 0.4) is 0 Å². The lowest BCUT2D eigenvalue weighted by atomic mass is 10.2. The summed E-state index contributed by atoms with van der Waals surface area (Å²) in [5, 5.41) is 3.09. The molecule has 0 saturated carbocycles. The summed E-state index contributed by atoms with van der Waals surface area (Å²) in [6, 6.07) is 0. The molecule has 2 nitrogen and oxygen atoms in total. The number of hydrogen-bond acceptors (Lipinski definition) is 2. The molecule has 0 rings (SSSR count). The largest absolute Gasteiger partial charge is 0.319 e. The number of allylic oxidation sites excluding steroid dienone is 1. The van der Waals surface area contributed by atoms with E-state index in [1.54, 1.807) is 7.05 Å². The third-order valence-electron chi connectivity index (χ3n) is 1.33. The highest BCUT2D eigenvalue weighted by Crippen LogP contribution is 1.94. The monoisotopic (exact) mass is 140 g/mol. The van der Waals surface area contributed by atoms with Crippen LogP contribution in [0.25, 0.3) is 0 Å². The van der Waals surface area contributed by atoms with Gasteiger partial charge in [0.1, 0.15) is 0 Å². The minimum absolute atomic E-state index is 1.02. The summed E-state index contributed by atoms with van der Waals surface area (Å²) in [4.78, 5) is 3.94. The van der Waals surface area contributed by atoms with Crippen LogP contribution in [-0.4, -0.2) is 26.9 Å². The van der Waals surface area contributed by atoms with Crippen molar-refractivity contribution in [3.8, 4) is 0 Å². The van der Waals surface area contributed by atoms with E-state index in [4.69, 9.17) is 0 Å². The van der Waals surface area contributed by atoms with Crippen LogP contribution in [0.4, 0.5) is 0 Å². The molecule has 0 radical (unpaired) electrons. The quantitative estimate of drug-likeness (QED) is 0.584. The molecule has 0 fully saturated rings. The molecule has 0 amide bonds. The molecule has 0 bridgehead atoms. The lowest BCUT2D eigenvalue weighted by molar-refractivity contribution is 0.798. The second-order valence-electron chi connectivity index (χ2n) is 2.10. The second kappa shape index (κ2) is 6.49. The fraction of sp³-hybridized carbons (Fsp3) is 0.625. The third kappa shape index (κ3) is 4.27. The fourth-order valence-corrected chi connectivity index (χ4v) is 0.719. The van der Waals surface area contributed by atoms with Crippen LogP contribution < -0.4 is 5.32 Å². The van der Waals surface area contributed by atoms with Crippen molar-refractivity contribution in [3.63, 3.8) is 0 Å². The van der Waals surface area contributed by atoms with Gasteiger partial charge in [-0.1, -0.05) is 6.08 Å². The lowest BCUT2D eigenvalue weighted by Gasteiger charge is -1.98. The van der Waals surface area contributed by atoms with Crippen LogP contribution in [0.1, 0.15) is 13.3 Å². The highest BCUT2D eigenvalue weighted by atomic mass is 14.8. The van der Waals surface area contributed by atoms with Crippen molar-refractivity contribution in [2.75, 3.05) is 20.6 Å². The highest BCUT2D eigenvalue weighted by Gasteiger charge is 1.88. The summed E-state index contributed by atoms with van der Waals surface area (Å²) in [6.45, 7) is 3.05. The average Bonchev–Trinajstić information content (AvgIpc) is 1.98. The van der Waals surface area contributed by atoms with Crippen LogP contribution in [-0.2, 0) is 0 Å².